The van der Waals surface area contributed by atoms with Gasteiger partial charge in [-0.3, -0.25) is 4.79 Å². The highest BCUT2D eigenvalue weighted by molar-refractivity contribution is 5.83. The Bertz CT molecular complexity index is 949. The summed E-state index contributed by atoms with van der Waals surface area (Å²) in [7, 11) is 0. The average molecular weight is 387 g/mol. The van der Waals surface area contributed by atoms with Gasteiger partial charge in [0.15, 0.2) is 11.9 Å². The number of benzene rings is 1. The number of fused-ring (bicyclic) bond motifs is 1. The van der Waals surface area contributed by atoms with Crippen LogP contribution >= 0.6 is 0 Å². The number of piperidine rings is 1. The van der Waals surface area contributed by atoms with E-state index in [-0.39, 0.29) is 11.5 Å². The molecular formula is C21H25NO6. The van der Waals surface area contributed by atoms with E-state index in [9.17, 15) is 9.59 Å². The lowest BCUT2D eigenvalue weighted by atomic mass is 10.0. The van der Waals surface area contributed by atoms with Gasteiger partial charge in [0.1, 0.15) is 11.3 Å². The molecule has 0 aliphatic carbocycles. The van der Waals surface area contributed by atoms with Crippen LogP contribution in [0.3, 0.4) is 0 Å². The normalized spacial score (nSPS) is 19.9. The predicted molar refractivity (Wildman–Crippen MR) is 102 cm³/mol. The number of hydrogen-bond donors (Lipinski definition) is 0. The van der Waals surface area contributed by atoms with E-state index in [0.717, 1.165) is 10.9 Å². The molecule has 28 heavy (non-hydrogen) atoms. The monoisotopic (exact) mass is 387 g/mol. The molecule has 0 saturated carbocycles. The van der Waals surface area contributed by atoms with E-state index < -0.39 is 11.9 Å². The number of hydrogen-bond acceptors (Lipinski definition) is 6. The molecule has 2 aliphatic heterocycles. The second kappa shape index (κ2) is 7.22. The highest BCUT2D eigenvalue weighted by Gasteiger charge is 2.41. The van der Waals surface area contributed by atoms with Crippen LogP contribution in [0.15, 0.2) is 27.4 Å². The van der Waals surface area contributed by atoms with Crippen LogP contribution in [-0.2, 0) is 14.3 Å². The summed E-state index contributed by atoms with van der Waals surface area (Å²) in [6.45, 7) is 7.76. The maximum Gasteiger partial charge on any atom is 0.339 e. The summed E-state index contributed by atoms with van der Waals surface area (Å²) in [4.78, 5) is 26.5. The van der Waals surface area contributed by atoms with Gasteiger partial charge in [0.05, 0.1) is 13.2 Å². The molecule has 7 heteroatoms. The van der Waals surface area contributed by atoms with Crippen LogP contribution in [0.2, 0.25) is 0 Å². The van der Waals surface area contributed by atoms with E-state index in [0.29, 0.717) is 56.0 Å². The molecule has 1 aromatic carbocycles. The Morgan fingerprint density at radius 3 is 2.50 bits per heavy atom. The molecule has 1 amide bonds. The molecule has 2 fully saturated rings. The molecule has 1 atom stereocenters. The lowest BCUT2D eigenvalue weighted by molar-refractivity contribution is -0.188. The van der Waals surface area contributed by atoms with Crippen molar-refractivity contribution in [2.45, 2.75) is 45.5 Å². The van der Waals surface area contributed by atoms with E-state index >= 15 is 0 Å². The fraction of sp³-hybridized carbons (Fsp3) is 0.524. The first-order chi connectivity index (χ1) is 13.4. The number of carbonyl (C=O) groups excluding carboxylic acids is 1. The van der Waals surface area contributed by atoms with Crippen molar-refractivity contribution in [2.24, 2.45) is 0 Å². The molecule has 2 aliphatic rings. The number of aryl methyl sites for hydroxylation is 1. The molecule has 0 bridgehead atoms. The molecule has 1 aromatic heterocycles. The van der Waals surface area contributed by atoms with E-state index in [1.165, 1.54) is 0 Å². The van der Waals surface area contributed by atoms with Crippen molar-refractivity contribution in [3.05, 3.63) is 39.7 Å². The van der Waals surface area contributed by atoms with E-state index in [1.807, 2.05) is 13.0 Å². The molecule has 0 N–H and O–H groups in total. The minimum Gasteiger partial charge on any atom is -0.481 e. The van der Waals surface area contributed by atoms with Crippen molar-refractivity contribution in [1.29, 1.82) is 0 Å². The fourth-order valence-corrected chi connectivity index (χ4v) is 3.87. The van der Waals surface area contributed by atoms with Crippen LogP contribution in [0.1, 0.15) is 30.9 Å². The summed E-state index contributed by atoms with van der Waals surface area (Å²) in [5.41, 5.74) is 1.59. The molecular weight excluding hydrogens is 362 g/mol. The number of likely N-dealkylation sites (tertiary alicyclic amines) is 1. The second-order valence-corrected chi connectivity index (χ2v) is 7.49. The zero-order valence-electron chi connectivity index (χ0n) is 16.4. The van der Waals surface area contributed by atoms with Gasteiger partial charge in [-0.15, -0.1) is 0 Å². The lowest BCUT2D eigenvalue weighted by Crippen LogP contribution is -2.50. The minimum atomic E-state index is -0.643. The Labute approximate surface area is 163 Å². The first-order valence-corrected chi connectivity index (χ1v) is 9.66. The summed E-state index contributed by atoms with van der Waals surface area (Å²) in [6.07, 6.45) is 0.700. The van der Waals surface area contributed by atoms with Gasteiger partial charge < -0.3 is 23.5 Å². The maximum atomic E-state index is 12.8. The maximum absolute atomic E-state index is 12.8. The van der Waals surface area contributed by atoms with Crippen LogP contribution < -0.4 is 10.4 Å². The molecule has 3 heterocycles. The standard InChI is InChI=1S/C21H25NO6/c1-13-14(2)20(24)28-18-12-16(4-5-17(13)18)27-15(3)19(23)22-8-6-21(7-9-22)25-10-11-26-21/h4-5,12,15H,6-11H2,1-3H3. The third-order valence-electron chi connectivity index (χ3n) is 5.74. The van der Waals surface area contributed by atoms with Gasteiger partial charge in [-0.05, 0) is 38.5 Å². The van der Waals surface area contributed by atoms with Gasteiger partial charge in [0.2, 0.25) is 0 Å². The van der Waals surface area contributed by atoms with Gasteiger partial charge in [0.25, 0.3) is 5.91 Å². The Hall–Kier alpha value is -2.38. The molecule has 150 valence electrons. The van der Waals surface area contributed by atoms with Crippen LogP contribution in [0, 0.1) is 13.8 Å². The quantitative estimate of drug-likeness (QED) is 0.753. The Kier molecular flexibility index (Phi) is 4.89. The molecule has 1 spiro atoms. The van der Waals surface area contributed by atoms with Gasteiger partial charge in [0, 0.05) is 42.9 Å². The van der Waals surface area contributed by atoms with Crippen molar-refractivity contribution >= 4 is 16.9 Å². The van der Waals surface area contributed by atoms with Crippen molar-refractivity contribution in [1.82, 2.24) is 4.90 Å². The van der Waals surface area contributed by atoms with Gasteiger partial charge in [-0.25, -0.2) is 4.79 Å². The molecule has 7 nitrogen and oxygen atoms in total. The summed E-state index contributed by atoms with van der Waals surface area (Å²) in [5.74, 6) is -0.0857. The van der Waals surface area contributed by atoms with Gasteiger partial charge >= 0.3 is 5.63 Å². The van der Waals surface area contributed by atoms with E-state index in [4.69, 9.17) is 18.6 Å². The molecule has 1 unspecified atom stereocenters. The van der Waals surface area contributed by atoms with Gasteiger partial charge in [-0.2, -0.15) is 0 Å². The van der Waals surface area contributed by atoms with E-state index in [1.54, 1.807) is 30.9 Å². The molecule has 2 saturated heterocycles. The molecule has 2 aromatic rings. The summed E-state index contributed by atoms with van der Waals surface area (Å²) >= 11 is 0. The summed E-state index contributed by atoms with van der Waals surface area (Å²) in [6, 6.07) is 5.31. The average Bonchev–Trinajstić information content (AvgIpc) is 3.14. The first kappa shape index (κ1) is 19.0. The summed E-state index contributed by atoms with van der Waals surface area (Å²) < 4.78 is 22.6. The SMILES string of the molecule is Cc1c(C)c2ccc(OC(C)C(=O)N3CCC4(CC3)OCCO4)cc2oc1=O. The van der Waals surface area contributed by atoms with Gasteiger partial charge in [-0.1, -0.05) is 0 Å². The third-order valence-corrected chi connectivity index (χ3v) is 5.74. The largest absolute Gasteiger partial charge is 0.481 e. The number of carbonyl (C=O) groups is 1. The topological polar surface area (TPSA) is 78.2 Å². The lowest BCUT2D eigenvalue weighted by Gasteiger charge is -2.38. The van der Waals surface area contributed by atoms with Crippen LogP contribution in [0.4, 0.5) is 0 Å². The molecule has 4 rings (SSSR count). The van der Waals surface area contributed by atoms with Crippen molar-refractivity contribution in [3.63, 3.8) is 0 Å². The zero-order chi connectivity index (χ0) is 19.9. The number of amides is 1. The highest BCUT2D eigenvalue weighted by Crippen LogP contribution is 2.31. The smallest absolute Gasteiger partial charge is 0.339 e. The zero-order valence-corrected chi connectivity index (χ0v) is 16.4. The van der Waals surface area contributed by atoms with Crippen molar-refractivity contribution in [2.75, 3.05) is 26.3 Å². The van der Waals surface area contributed by atoms with Crippen molar-refractivity contribution < 1.29 is 23.4 Å². The van der Waals surface area contributed by atoms with Crippen molar-refractivity contribution in [3.8, 4) is 5.75 Å². The first-order valence-electron chi connectivity index (χ1n) is 9.66. The predicted octanol–water partition coefficient (Wildman–Crippen LogP) is 2.54. The molecule has 0 radical (unpaired) electrons. The number of nitrogens with zero attached hydrogens (tertiary/aromatic N) is 1. The Balaban J connectivity index is 1.44. The second-order valence-electron chi connectivity index (χ2n) is 7.49. The Morgan fingerprint density at radius 2 is 1.82 bits per heavy atom. The number of rotatable bonds is 3. The summed E-state index contributed by atoms with van der Waals surface area (Å²) in [5, 5.41) is 0.862. The third kappa shape index (κ3) is 3.40. The minimum absolute atomic E-state index is 0.0746. The van der Waals surface area contributed by atoms with Crippen LogP contribution in [0.5, 0.6) is 5.75 Å². The van der Waals surface area contributed by atoms with E-state index in [2.05, 4.69) is 0 Å². The highest BCUT2D eigenvalue weighted by atomic mass is 16.7. The Morgan fingerprint density at radius 1 is 1.14 bits per heavy atom. The fourth-order valence-electron chi connectivity index (χ4n) is 3.87. The van der Waals surface area contributed by atoms with Crippen LogP contribution in [-0.4, -0.2) is 49.0 Å². The van der Waals surface area contributed by atoms with Crippen LogP contribution in [0.25, 0.3) is 11.0 Å². The number of ether oxygens (including phenoxy) is 3.